The second-order valence-electron chi connectivity index (χ2n) is 5.59. The molecule has 1 aromatic heterocycles. The molecule has 2 nitrogen and oxygen atoms in total. The van der Waals surface area contributed by atoms with Gasteiger partial charge < -0.3 is 9.73 Å². The zero-order valence-corrected chi connectivity index (χ0v) is 13.5. The van der Waals surface area contributed by atoms with Crippen molar-refractivity contribution in [2.75, 3.05) is 12.3 Å². The van der Waals surface area contributed by atoms with Crippen molar-refractivity contribution >= 4 is 34.3 Å². The SMILES string of the molecule is CCNC(c1cc2cc(Cl)ccc2o1)C1(C)CCCS1. The van der Waals surface area contributed by atoms with Crippen LogP contribution in [0.2, 0.25) is 5.02 Å². The van der Waals surface area contributed by atoms with Crippen LogP contribution in [0.5, 0.6) is 0 Å². The van der Waals surface area contributed by atoms with Gasteiger partial charge in [0.05, 0.1) is 6.04 Å². The molecule has 0 aliphatic carbocycles. The van der Waals surface area contributed by atoms with Gasteiger partial charge in [-0.05, 0) is 56.3 Å². The highest BCUT2D eigenvalue weighted by atomic mass is 35.5. The lowest BCUT2D eigenvalue weighted by Gasteiger charge is -2.32. The molecule has 0 spiro atoms. The fourth-order valence-corrected chi connectivity index (χ4v) is 4.62. The minimum Gasteiger partial charge on any atom is -0.459 e. The molecule has 20 heavy (non-hydrogen) atoms. The van der Waals surface area contributed by atoms with Gasteiger partial charge in [0.25, 0.3) is 0 Å². The van der Waals surface area contributed by atoms with Gasteiger partial charge in [-0.25, -0.2) is 0 Å². The third-order valence-corrected chi connectivity index (χ3v) is 5.88. The number of hydrogen-bond donors (Lipinski definition) is 1. The number of fused-ring (bicyclic) bond motifs is 1. The van der Waals surface area contributed by atoms with Gasteiger partial charge in [0.1, 0.15) is 11.3 Å². The molecule has 1 saturated heterocycles. The highest BCUT2D eigenvalue weighted by molar-refractivity contribution is 8.00. The Kier molecular flexibility index (Phi) is 4.02. The van der Waals surface area contributed by atoms with Crippen molar-refractivity contribution in [3.63, 3.8) is 0 Å². The van der Waals surface area contributed by atoms with Crippen molar-refractivity contribution in [3.05, 3.63) is 35.0 Å². The first-order valence-corrected chi connectivity index (χ1v) is 8.55. The first-order chi connectivity index (χ1) is 9.62. The first kappa shape index (κ1) is 14.3. The Morgan fingerprint density at radius 1 is 1.45 bits per heavy atom. The van der Waals surface area contributed by atoms with E-state index in [-0.39, 0.29) is 10.8 Å². The summed E-state index contributed by atoms with van der Waals surface area (Å²) in [6, 6.07) is 8.20. The summed E-state index contributed by atoms with van der Waals surface area (Å²) in [4.78, 5) is 0. The summed E-state index contributed by atoms with van der Waals surface area (Å²) in [6.07, 6.45) is 2.52. The van der Waals surface area contributed by atoms with E-state index in [1.165, 1.54) is 18.6 Å². The van der Waals surface area contributed by atoms with Crippen LogP contribution in [-0.2, 0) is 0 Å². The number of hydrogen-bond acceptors (Lipinski definition) is 3. The van der Waals surface area contributed by atoms with Crippen LogP contribution in [0.3, 0.4) is 0 Å². The highest BCUT2D eigenvalue weighted by Gasteiger charge is 2.40. The fourth-order valence-electron chi connectivity index (χ4n) is 3.03. The Morgan fingerprint density at radius 2 is 2.30 bits per heavy atom. The zero-order valence-electron chi connectivity index (χ0n) is 11.9. The standard InChI is InChI=1S/C16H20ClNOS/c1-3-18-15(16(2)7-4-8-20-16)14-10-11-9-12(17)5-6-13(11)19-14/h5-6,9-10,15,18H,3-4,7-8H2,1-2H3. The maximum Gasteiger partial charge on any atom is 0.134 e. The average Bonchev–Trinajstić information content (AvgIpc) is 3.02. The van der Waals surface area contributed by atoms with Gasteiger partial charge in [0.2, 0.25) is 0 Å². The second-order valence-corrected chi connectivity index (χ2v) is 7.65. The number of nitrogens with one attached hydrogen (secondary N) is 1. The van der Waals surface area contributed by atoms with Gasteiger partial charge in [0, 0.05) is 15.2 Å². The molecular weight excluding hydrogens is 290 g/mol. The van der Waals surface area contributed by atoms with Crippen molar-refractivity contribution < 1.29 is 4.42 Å². The van der Waals surface area contributed by atoms with Crippen molar-refractivity contribution in [2.45, 2.75) is 37.5 Å². The molecule has 0 radical (unpaired) electrons. The Balaban J connectivity index is 2.00. The predicted molar refractivity (Wildman–Crippen MR) is 87.7 cm³/mol. The summed E-state index contributed by atoms with van der Waals surface area (Å²) in [7, 11) is 0. The maximum atomic E-state index is 6.08. The Hall–Kier alpha value is -0.640. The Labute approximate surface area is 129 Å². The Bertz CT molecular complexity index is 604. The predicted octanol–water partition coefficient (Wildman–Crippen LogP) is 5.02. The van der Waals surface area contributed by atoms with E-state index in [1.54, 1.807) is 0 Å². The summed E-state index contributed by atoms with van der Waals surface area (Å²) in [5.74, 6) is 2.27. The number of halogens is 1. The van der Waals surface area contributed by atoms with E-state index < -0.39 is 0 Å². The lowest BCUT2D eigenvalue weighted by atomic mass is 9.94. The number of furan rings is 1. The number of rotatable bonds is 4. The van der Waals surface area contributed by atoms with Gasteiger partial charge in [-0.3, -0.25) is 0 Å². The molecule has 1 aliphatic rings. The largest absolute Gasteiger partial charge is 0.459 e. The molecule has 1 N–H and O–H groups in total. The lowest BCUT2D eigenvalue weighted by Crippen LogP contribution is -2.37. The van der Waals surface area contributed by atoms with E-state index in [1.807, 2.05) is 18.2 Å². The lowest BCUT2D eigenvalue weighted by molar-refractivity contribution is 0.360. The quantitative estimate of drug-likeness (QED) is 0.858. The van der Waals surface area contributed by atoms with Gasteiger partial charge in [-0.15, -0.1) is 0 Å². The van der Waals surface area contributed by atoms with Crippen LogP contribution in [0.15, 0.2) is 28.7 Å². The van der Waals surface area contributed by atoms with E-state index in [4.69, 9.17) is 16.0 Å². The molecule has 108 valence electrons. The van der Waals surface area contributed by atoms with E-state index in [9.17, 15) is 0 Å². The van der Waals surface area contributed by atoms with Gasteiger partial charge >= 0.3 is 0 Å². The summed E-state index contributed by atoms with van der Waals surface area (Å²) >= 11 is 8.11. The minimum absolute atomic E-state index is 0.216. The third-order valence-electron chi connectivity index (χ3n) is 4.05. The first-order valence-electron chi connectivity index (χ1n) is 7.19. The highest BCUT2D eigenvalue weighted by Crippen LogP contribution is 2.47. The molecule has 1 aromatic carbocycles. The normalized spacial score (nSPS) is 24.4. The van der Waals surface area contributed by atoms with E-state index in [0.717, 1.165) is 28.3 Å². The van der Waals surface area contributed by atoms with E-state index in [2.05, 4.69) is 37.0 Å². The van der Waals surface area contributed by atoms with Crippen LogP contribution in [-0.4, -0.2) is 17.0 Å². The minimum atomic E-state index is 0.216. The maximum absolute atomic E-state index is 6.08. The van der Waals surface area contributed by atoms with E-state index >= 15 is 0 Å². The molecular formula is C16H20ClNOS. The summed E-state index contributed by atoms with van der Waals surface area (Å²) in [6.45, 7) is 5.44. The molecule has 0 saturated carbocycles. The molecule has 0 bridgehead atoms. The van der Waals surface area contributed by atoms with Crippen LogP contribution >= 0.6 is 23.4 Å². The molecule has 2 aromatic rings. The van der Waals surface area contributed by atoms with Crippen molar-refractivity contribution in [1.82, 2.24) is 5.32 Å². The summed E-state index contributed by atoms with van der Waals surface area (Å²) in [5, 5.41) is 5.45. The molecule has 0 amide bonds. The zero-order chi connectivity index (χ0) is 14.2. The molecule has 3 rings (SSSR count). The van der Waals surface area contributed by atoms with Gasteiger partial charge in [0.15, 0.2) is 0 Å². The van der Waals surface area contributed by atoms with Crippen LogP contribution < -0.4 is 5.32 Å². The van der Waals surface area contributed by atoms with Crippen LogP contribution in [0.25, 0.3) is 11.0 Å². The van der Waals surface area contributed by atoms with Crippen molar-refractivity contribution in [2.24, 2.45) is 0 Å². The van der Waals surface area contributed by atoms with Crippen molar-refractivity contribution in [1.29, 1.82) is 0 Å². The topological polar surface area (TPSA) is 25.2 Å². The molecule has 2 unspecified atom stereocenters. The molecule has 1 aliphatic heterocycles. The number of benzene rings is 1. The fraction of sp³-hybridized carbons (Fsp3) is 0.500. The number of thioether (sulfide) groups is 1. The molecule has 2 heterocycles. The van der Waals surface area contributed by atoms with E-state index in [0.29, 0.717) is 0 Å². The smallest absolute Gasteiger partial charge is 0.134 e. The third kappa shape index (κ3) is 2.59. The molecule has 1 fully saturated rings. The second kappa shape index (κ2) is 5.63. The average molecular weight is 310 g/mol. The summed E-state index contributed by atoms with van der Waals surface area (Å²) < 4.78 is 6.30. The molecule has 2 atom stereocenters. The van der Waals surface area contributed by atoms with Crippen LogP contribution in [0, 0.1) is 0 Å². The van der Waals surface area contributed by atoms with Crippen LogP contribution in [0.4, 0.5) is 0 Å². The van der Waals surface area contributed by atoms with Crippen molar-refractivity contribution in [3.8, 4) is 0 Å². The Morgan fingerprint density at radius 3 is 3.00 bits per heavy atom. The molecule has 4 heteroatoms. The van der Waals surface area contributed by atoms with Gasteiger partial charge in [-0.2, -0.15) is 11.8 Å². The van der Waals surface area contributed by atoms with Crippen LogP contribution in [0.1, 0.15) is 38.5 Å². The summed E-state index contributed by atoms with van der Waals surface area (Å²) in [5.41, 5.74) is 0.916. The monoisotopic (exact) mass is 309 g/mol. The van der Waals surface area contributed by atoms with Gasteiger partial charge in [-0.1, -0.05) is 18.5 Å².